The highest BCUT2D eigenvalue weighted by molar-refractivity contribution is 5.95. The van der Waals surface area contributed by atoms with Gasteiger partial charge in [0.25, 0.3) is 5.69 Å². The molecular formula is C21H20F3NO6. The number of nitro groups is 1. The van der Waals surface area contributed by atoms with E-state index in [-0.39, 0.29) is 34.4 Å². The maximum absolute atomic E-state index is 12.7. The minimum absolute atomic E-state index is 0.114. The molecule has 0 unspecified atom stereocenters. The van der Waals surface area contributed by atoms with E-state index in [1.807, 2.05) is 0 Å². The zero-order chi connectivity index (χ0) is 22.6. The number of benzene rings is 2. The lowest BCUT2D eigenvalue weighted by Crippen LogP contribution is -2.21. The third kappa shape index (κ3) is 6.09. The predicted molar refractivity (Wildman–Crippen MR) is 103 cm³/mol. The summed E-state index contributed by atoms with van der Waals surface area (Å²) in [4.78, 5) is 23.5. The van der Waals surface area contributed by atoms with Crippen molar-refractivity contribution in [2.45, 2.75) is 51.5 Å². The number of alkyl halides is 3. The van der Waals surface area contributed by atoms with Gasteiger partial charge < -0.3 is 14.2 Å². The molecule has 10 heteroatoms. The molecule has 1 aliphatic rings. The summed E-state index contributed by atoms with van der Waals surface area (Å²) >= 11 is 0. The van der Waals surface area contributed by atoms with Crippen LogP contribution in [-0.2, 0) is 4.74 Å². The molecule has 0 heterocycles. The highest BCUT2D eigenvalue weighted by Gasteiger charge is 2.31. The summed E-state index contributed by atoms with van der Waals surface area (Å²) in [5, 5.41) is 11.5. The average molecular weight is 439 g/mol. The van der Waals surface area contributed by atoms with Crippen LogP contribution in [0.4, 0.5) is 18.9 Å². The molecule has 1 aliphatic carbocycles. The molecule has 0 aliphatic heterocycles. The van der Waals surface area contributed by atoms with Gasteiger partial charge in [-0.1, -0.05) is 6.42 Å². The van der Waals surface area contributed by atoms with Crippen molar-refractivity contribution in [2.24, 2.45) is 0 Å². The molecule has 0 atom stereocenters. The predicted octanol–water partition coefficient (Wildman–Crippen LogP) is 6.08. The molecular weight excluding hydrogens is 419 g/mol. The van der Waals surface area contributed by atoms with Crippen LogP contribution in [0, 0.1) is 17.0 Å². The number of rotatable bonds is 6. The van der Waals surface area contributed by atoms with Crippen LogP contribution in [0.2, 0.25) is 0 Å². The Bertz CT molecular complexity index is 953. The molecule has 2 aromatic carbocycles. The van der Waals surface area contributed by atoms with Crippen LogP contribution in [-0.4, -0.2) is 23.4 Å². The Hall–Kier alpha value is -3.30. The highest BCUT2D eigenvalue weighted by atomic mass is 19.4. The SMILES string of the molecule is Cc1cc(Oc2ccc(OC(F)(F)F)cc2)cc(C(=O)OC2CCCCC2)c1[N+](=O)[O-]. The molecule has 0 amide bonds. The third-order valence-corrected chi connectivity index (χ3v) is 4.80. The Labute approximate surface area is 175 Å². The number of ether oxygens (including phenoxy) is 3. The van der Waals surface area contributed by atoms with Crippen molar-refractivity contribution in [3.8, 4) is 17.2 Å². The summed E-state index contributed by atoms with van der Waals surface area (Å²) in [6, 6.07) is 7.21. The molecule has 0 radical (unpaired) electrons. The molecule has 0 saturated heterocycles. The zero-order valence-electron chi connectivity index (χ0n) is 16.6. The van der Waals surface area contributed by atoms with Crippen LogP contribution < -0.4 is 9.47 Å². The van der Waals surface area contributed by atoms with Gasteiger partial charge in [0.1, 0.15) is 28.9 Å². The van der Waals surface area contributed by atoms with E-state index in [1.165, 1.54) is 31.2 Å². The van der Waals surface area contributed by atoms with E-state index in [9.17, 15) is 28.1 Å². The maximum atomic E-state index is 12.7. The molecule has 0 bridgehead atoms. The Morgan fingerprint density at radius 1 is 1.03 bits per heavy atom. The standard InChI is InChI=1S/C21H20F3NO6/c1-13-11-17(29-15-7-9-16(10-8-15)31-21(22,23)24)12-18(19(13)25(27)28)20(26)30-14-5-3-2-4-6-14/h7-12,14H,2-6H2,1H3. The van der Waals surface area contributed by atoms with E-state index in [1.54, 1.807) is 0 Å². The van der Waals surface area contributed by atoms with Crippen molar-refractivity contribution in [2.75, 3.05) is 0 Å². The monoisotopic (exact) mass is 439 g/mol. The number of nitrogens with zero attached hydrogens (tertiary/aromatic N) is 1. The van der Waals surface area contributed by atoms with E-state index in [2.05, 4.69) is 4.74 Å². The van der Waals surface area contributed by atoms with Crippen LogP contribution in [0.1, 0.15) is 48.0 Å². The summed E-state index contributed by atoms with van der Waals surface area (Å²) in [7, 11) is 0. The first-order chi connectivity index (χ1) is 14.6. The van der Waals surface area contributed by atoms with E-state index < -0.39 is 23.0 Å². The number of esters is 1. The second-order valence-electron chi connectivity index (χ2n) is 7.18. The second-order valence-corrected chi connectivity index (χ2v) is 7.18. The summed E-state index contributed by atoms with van der Waals surface area (Å²) in [5.41, 5.74) is -0.417. The summed E-state index contributed by atoms with van der Waals surface area (Å²) in [5.74, 6) is -0.949. The summed E-state index contributed by atoms with van der Waals surface area (Å²) < 4.78 is 51.7. The van der Waals surface area contributed by atoms with Gasteiger partial charge in [-0.15, -0.1) is 13.2 Å². The minimum Gasteiger partial charge on any atom is -0.459 e. The fourth-order valence-corrected chi connectivity index (χ4v) is 3.45. The van der Waals surface area contributed by atoms with Gasteiger partial charge in [0.2, 0.25) is 0 Å². The van der Waals surface area contributed by atoms with Gasteiger partial charge in [0, 0.05) is 11.6 Å². The number of carbonyl (C=O) groups excluding carboxylic acids is 1. The summed E-state index contributed by atoms with van der Waals surface area (Å²) in [6.45, 7) is 1.46. The Morgan fingerprint density at radius 3 is 2.23 bits per heavy atom. The summed E-state index contributed by atoms with van der Waals surface area (Å²) in [6.07, 6.45) is -0.768. The zero-order valence-corrected chi connectivity index (χ0v) is 16.6. The molecule has 1 fully saturated rings. The van der Waals surface area contributed by atoms with Gasteiger partial charge in [0.05, 0.1) is 4.92 Å². The lowest BCUT2D eigenvalue weighted by Gasteiger charge is -2.22. The van der Waals surface area contributed by atoms with Gasteiger partial charge in [-0.25, -0.2) is 4.79 Å². The smallest absolute Gasteiger partial charge is 0.459 e. The Balaban J connectivity index is 1.82. The first-order valence-corrected chi connectivity index (χ1v) is 9.66. The van der Waals surface area contributed by atoms with Crippen LogP contribution in [0.15, 0.2) is 36.4 Å². The number of hydrogen-bond acceptors (Lipinski definition) is 6. The number of aryl methyl sites for hydroxylation is 1. The van der Waals surface area contributed by atoms with Crippen molar-refractivity contribution in [1.29, 1.82) is 0 Å². The highest BCUT2D eigenvalue weighted by Crippen LogP contribution is 2.34. The van der Waals surface area contributed by atoms with Gasteiger partial charge in [-0.05, 0) is 62.9 Å². The van der Waals surface area contributed by atoms with Gasteiger partial charge >= 0.3 is 12.3 Å². The quantitative estimate of drug-likeness (QED) is 0.308. The fraction of sp³-hybridized carbons (Fsp3) is 0.381. The number of carbonyl (C=O) groups is 1. The Kier molecular flexibility index (Phi) is 6.67. The van der Waals surface area contributed by atoms with Crippen molar-refractivity contribution in [1.82, 2.24) is 0 Å². The molecule has 7 nitrogen and oxygen atoms in total. The fourth-order valence-electron chi connectivity index (χ4n) is 3.45. The van der Waals surface area contributed by atoms with E-state index in [4.69, 9.17) is 9.47 Å². The molecule has 31 heavy (non-hydrogen) atoms. The average Bonchev–Trinajstić information content (AvgIpc) is 2.68. The van der Waals surface area contributed by atoms with E-state index in [0.29, 0.717) is 12.8 Å². The number of halogens is 3. The molecule has 3 rings (SSSR count). The maximum Gasteiger partial charge on any atom is 0.573 e. The molecule has 2 aromatic rings. The minimum atomic E-state index is -4.81. The van der Waals surface area contributed by atoms with Crippen molar-refractivity contribution in [3.05, 3.63) is 57.6 Å². The lowest BCUT2D eigenvalue weighted by molar-refractivity contribution is -0.385. The molecule has 0 N–H and O–H groups in total. The van der Waals surface area contributed by atoms with Gasteiger partial charge in [0.15, 0.2) is 0 Å². The Morgan fingerprint density at radius 2 is 1.65 bits per heavy atom. The van der Waals surface area contributed by atoms with Crippen LogP contribution in [0.25, 0.3) is 0 Å². The van der Waals surface area contributed by atoms with Crippen molar-refractivity contribution < 1.29 is 37.1 Å². The van der Waals surface area contributed by atoms with Gasteiger partial charge in [-0.2, -0.15) is 0 Å². The third-order valence-electron chi connectivity index (χ3n) is 4.80. The van der Waals surface area contributed by atoms with Gasteiger partial charge in [-0.3, -0.25) is 10.1 Å². The van der Waals surface area contributed by atoms with Crippen LogP contribution in [0.3, 0.4) is 0 Å². The normalized spacial score (nSPS) is 14.7. The second kappa shape index (κ2) is 9.23. The van der Waals surface area contributed by atoms with Crippen molar-refractivity contribution in [3.63, 3.8) is 0 Å². The van der Waals surface area contributed by atoms with Crippen LogP contribution >= 0.6 is 0 Å². The molecule has 0 aromatic heterocycles. The molecule has 166 valence electrons. The number of nitro benzene ring substituents is 1. The largest absolute Gasteiger partial charge is 0.573 e. The van der Waals surface area contributed by atoms with Crippen molar-refractivity contribution >= 4 is 11.7 Å². The topological polar surface area (TPSA) is 87.9 Å². The van der Waals surface area contributed by atoms with Crippen LogP contribution in [0.5, 0.6) is 17.2 Å². The first kappa shape index (κ1) is 22.4. The molecule has 0 spiro atoms. The first-order valence-electron chi connectivity index (χ1n) is 9.66. The number of hydrogen-bond donors (Lipinski definition) is 0. The van der Waals surface area contributed by atoms with E-state index in [0.717, 1.165) is 31.4 Å². The van der Waals surface area contributed by atoms with E-state index >= 15 is 0 Å². The lowest BCUT2D eigenvalue weighted by atomic mass is 9.97. The molecule has 1 saturated carbocycles.